The third-order valence-electron chi connectivity index (χ3n) is 3.01. The average molecular weight is 396 g/mol. The van der Waals surface area contributed by atoms with Gasteiger partial charge in [0.05, 0.1) is 3.57 Å². The first-order valence-electron chi connectivity index (χ1n) is 5.61. The van der Waals surface area contributed by atoms with Gasteiger partial charge in [0.25, 0.3) is 0 Å². The first-order chi connectivity index (χ1) is 7.83. The molecule has 5 heteroatoms. The zero-order valence-electron chi connectivity index (χ0n) is 9.07. The van der Waals surface area contributed by atoms with E-state index in [1.807, 2.05) is 6.20 Å². The summed E-state index contributed by atoms with van der Waals surface area (Å²) in [6, 6.07) is 0.668. The summed E-state index contributed by atoms with van der Waals surface area (Å²) in [5.41, 5.74) is 0. The van der Waals surface area contributed by atoms with E-state index in [1.54, 1.807) is 6.33 Å². The molecular weight excluding hydrogens is 381 g/mol. The Morgan fingerprint density at radius 1 is 1.44 bits per heavy atom. The zero-order valence-corrected chi connectivity index (χ0v) is 12.8. The van der Waals surface area contributed by atoms with Gasteiger partial charge in [-0.2, -0.15) is 0 Å². The molecular formula is C11H15BrIN3. The molecule has 0 bridgehead atoms. The summed E-state index contributed by atoms with van der Waals surface area (Å²) < 4.78 is 1.15. The van der Waals surface area contributed by atoms with E-state index >= 15 is 0 Å². The molecule has 0 radical (unpaired) electrons. The normalized spacial score (nSPS) is 16.6. The van der Waals surface area contributed by atoms with Crippen molar-refractivity contribution in [1.82, 2.24) is 9.97 Å². The van der Waals surface area contributed by atoms with Crippen LogP contribution in [0.4, 0.5) is 5.82 Å². The Bertz CT molecular complexity index is 342. The van der Waals surface area contributed by atoms with Crippen LogP contribution in [0.2, 0.25) is 0 Å². The predicted molar refractivity (Wildman–Crippen MR) is 78.1 cm³/mol. The summed E-state index contributed by atoms with van der Waals surface area (Å²) in [4.78, 5) is 10.9. The van der Waals surface area contributed by atoms with Crippen LogP contribution >= 0.6 is 38.5 Å². The Kier molecular flexibility index (Phi) is 4.81. The number of nitrogens with zero attached hydrogens (tertiary/aromatic N) is 3. The van der Waals surface area contributed by atoms with Crippen LogP contribution in [0.15, 0.2) is 12.5 Å². The van der Waals surface area contributed by atoms with Gasteiger partial charge >= 0.3 is 0 Å². The van der Waals surface area contributed by atoms with E-state index in [0.717, 1.165) is 21.3 Å². The van der Waals surface area contributed by atoms with Gasteiger partial charge < -0.3 is 4.90 Å². The molecule has 1 aliphatic carbocycles. The zero-order chi connectivity index (χ0) is 11.4. The molecule has 2 rings (SSSR count). The van der Waals surface area contributed by atoms with Crippen LogP contribution in [0, 0.1) is 3.57 Å². The molecule has 3 nitrogen and oxygen atoms in total. The Labute approximate surface area is 118 Å². The molecule has 0 aliphatic heterocycles. The number of hydrogen-bond acceptors (Lipinski definition) is 3. The van der Waals surface area contributed by atoms with E-state index in [0.29, 0.717) is 6.04 Å². The lowest BCUT2D eigenvalue weighted by atomic mass is 10.2. The lowest BCUT2D eigenvalue weighted by molar-refractivity contribution is 0.614. The molecule has 1 heterocycles. The monoisotopic (exact) mass is 395 g/mol. The molecule has 1 aliphatic rings. The van der Waals surface area contributed by atoms with Gasteiger partial charge in [0.2, 0.25) is 0 Å². The van der Waals surface area contributed by atoms with Gasteiger partial charge in [-0.3, -0.25) is 0 Å². The van der Waals surface area contributed by atoms with Crippen LogP contribution in [-0.4, -0.2) is 27.9 Å². The van der Waals surface area contributed by atoms with Crippen molar-refractivity contribution < 1.29 is 0 Å². The second-order valence-corrected chi connectivity index (χ2v) is 5.97. The van der Waals surface area contributed by atoms with Gasteiger partial charge in [0.1, 0.15) is 12.1 Å². The summed E-state index contributed by atoms with van der Waals surface area (Å²) in [7, 11) is 0. The Balaban J connectivity index is 2.21. The van der Waals surface area contributed by atoms with Gasteiger partial charge in [-0.25, -0.2) is 9.97 Å². The number of anilines is 1. The first-order valence-corrected chi connectivity index (χ1v) is 7.81. The fraction of sp³-hybridized carbons (Fsp3) is 0.636. The molecule has 0 aromatic carbocycles. The van der Waals surface area contributed by atoms with Crippen LogP contribution in [0.3, 0.4) is 0 Å². The molecule has 1 aromatic heterocycles. The summed E-state index contributed by atoms with van der Waals surface area (Å²) in [6.45, 7) is 1.03. The van der Waals surface area contributed by atoms with Crippen LogP contribution in [0.1, 0.15) is 25.7 Å². The topological polar surface area (TPSA) is 29.0 Å². The summed E-state index contributed by atoms with van der Waals surface area (Å²) in [5.74, 6) is 1.10. The van der Waals surface area contributed by atoms with Gasteiger partial charge in [-0.05, 0) is 35.4 Å². The minimum Gasteiger partial charge on any atom is -0.352 e. The highest BCUT2D eigenvalue weighted by atomic mass is 127. The molecule has 0 saturated heterocycles. The number of halogens is 2. The smallest absolute Gasteiger partial charge is 0.145 e. The minimum absolute atomic E-state index is 0.668. The van der Waals surface area contributed by atoms with Crippen molar-refractivity contribution in [2.45, 2.75) is 31.7 Å². The van der Waals surface area contributed by atoms with Gasteiger partial charge in [-0.1, -0.05) is 28.8 Å². The second-order valence-electron chi connectivity index (χ2n) is 4.01. The minimum atomic E-state index is 0.668. The Morgan fingerprint density at radius 2 is 2.19 bits per heavy atom. The van der Waals surface area contributed by atoms with Crippen molar-refractivity contribution in [3.63, 3.8) is 0 Å². The van der Waals surface area contributed by atoms with Gasteiger partial charge in [0, 0.05) is 24.1 Å². The fourth-order valence-corrected chi connectivity index (χ4v) is 3.28. The van der Waals surface area contributed by atoms with Gasteiger partial charge in [0.15, 0.2) is 0 Å². The molecule has 0 unspecified atom stereocenters. The maximum absolute atomic E-state index is 4.43. The van der Waals surface area contributed by atoms with Crippen LogP contribution < -0.4 is 4.90 Å². The van der Waals surface area contributed by atoms with Crippen molar-refractivity contribution in [3.05, 3.63) is 16.1 Å². The standard InChI is InChI=1S/C11H15BrIN3/c12-5-6-16(9-3-1-2-4-9)11-10(13)7-14-8-15-11/h7-9H,1-6H2. The van der Waals surface area contributed by atoms with Crippen LogP contribution in [-0.2, 0) is 0 Å². The number of alkyl halides is 1. The quantitative estimate of drug-likeness (QED) is 0.579. The highest BCUT2D eigenvalue weighted by Gasteiger charge is 2.24. The molecule has 0 amide bonds. The molecule has 1 saturated carbocycles. The highest BCUT2D eigenvalue weighted by molar-refractivity contribution is 14.1. The number of hydrogen-bond donors (Lipinski definition) is 0. The molecule has 0 spiro atoms. The molecule has 16 heavy (non-hydrogen) atoms. The van der Waals surface area contributed by atoms with Crippen molar-refractivity contribution >= 4 is 44.3 Å². The van der Waals surface area contributed by atoms with E-state index < -0.39 is 0 Å². The van der Waals surface area contributed by atoms with Crippen molar-refractivity contribution in [2.24, 2.45) is 0 Å². The molecule has 1 fully saturated rings. The second kappa shape index (κ2) is 6.14. The third kappa shape index (κ3) is 2.85. The maximum Gasteiger partial charge on any atom is 0.145 e. The molecule has 0 N–H and O–H groups in total. The summed E-state index contributed by atoms with van der Waals surface area (Å²) in [6.07, 6.45) is 8.84. The first kappa shape index (κ1) is 12.5. The maximum atomic E-state index is 4.43. The van der Waals surface area contributed by atoms with E-state index in [9.17, 15) is 0 Å². The lowest BCUT2D eigenvalue weighted by Crippen LogP contribution is -2.36. The van der Waals surface area contributed by atoms with Crippen LogP contribution in [0.25, 0.3) is 0 Å². The van der Waals surface area contributed by atoms with E-state index in [-0.39, 0.29) is 0 Å². The lowest BCUT2D eigenvalue weighted by Gasteiger charge is -2.30. The molecule has 0 atom stereocenters. The number of rotatable bonds is 4. The molecule has 1 aromatic rings. The number of aromatic nitrogens is 2. The summed E-state index contributed by atoms with van der Waals surface area (Å²) in [5, 5.41) is 0.990. The average Bonchev–Trinajstić information content (AvgIpc) is 2.80. The van der Waals surface area contributed by atoms with E-state index in [1.165, 1.54) is 25.7 Å². The van der Waals surface area contributed by atoms with Crippen molar-refractivity contribution in [3.8, 4) is 0 Å². The van der Waals surface area contributed by atoms with E-state index in [4.69, 9.17) is 0 Å². The van der Waals surface area contributed by atoms with Crippen LogP contribution in [0.5, 0.6) is 0 Å². The van der Waals surface area contributed by atoms with E-state index in [2.05, 4.69) is 53.4 Å². The SMILES string of the molecule is BrCCN(c1ncncc1I)C1CCCC1. The highest BCUT2D eigenvalue weighted by Crippen LogP contribution is 2.29. The van der Waals surface area contributed by atoms with Gasteiger partial charge in [-0.15, -0.1) is 0 Å². The largest absolute Gasteiger partial charge is 0.352 e. The van der Waals surface area contributed by atoms with Crippen molar-refractivity contribution in [1.29, 1.82) is 0 Å². The van der Waals surface area contributed by atoms with Crippen molar-refractivity contribution in [2.75, 3.05) is 16.8 Å². The fourth-order valence-electron chi connectivity index (χ4n) is 2.29. The Morgan fingerprint density at radius 3 is 2.81 bits per heavy atom. The Hall–Kier alpha value is 0.0900. The summed E-state index contributed by atoms with van der Waals surface area (Å²) >= 11 is 5.85. The third-order valence-corrected chi connectivity index (χ3v) is 4.13. The predicted octanol–water partition coefficient (Wildman–Crippen LogP) is 3.23. The molecule has 88 valence electrons.